The second kappa shape index (κ2) is 15.1. The average molecular weight is 739 g/mol. The van der Waals surface area contributed by atoms with Gasteiger partial charge in [0.15, 0.2) is 11.5 Å². The van der Waals surface area contributed by atoms with Crippen molar-refractivity contribution in [3.8, 4) is 0 Å². The summed E-state index contributed by atoms with van der Waals surface area (Å²) in [6.07, 6.45) is -9.01. The van der Waals surface area contributed by atoms with Crippen LogP contribution < -0.4 is 20.3 Å². The van der Waals surface area contributed by atoms with Crippen LogP contribution in [-0.4, -0.2) is 68.8 Å². The molecule has 10 nitrogen and oxygen atoms in total. The number of nitrogens with zero attached hydrogens (tertiary/aromatic N) is 3. The van der Waals surface area contributed by atoms with Gasteiger partial charge in [-0.1, -0.05) is 36.4 Å². The molecule has 264 valence electrons. The highest BCUT2D eigenvalue weighted by Crippen LogP contribution is 2.37. The van der Waals surface area contributed by atoms with Crippen molar-refractivity contribution in [3.63, 3.8) is 0 Å². The maximum Gasteiger partial charge on any atom is 0.418 e. The minimum atomic E-state index is -4.99. The van der Waals surface area contributed by atoms with Crippen LogP contribution in [0.15, 0.2) is 88.8 Å². The van der Waals surface area contributed by atoms with Crippen molar-refractivity contribution in [2.24, 2.45) is 0 Å². The van der Waals surface area contributed by atoms with Crippen molar-refractivity contribution in [2.75, 3.05) is 48.7 Å². The van der Waals surface area contributed by atoms with E-state index < -0.39 is 66.9 Å². The summed E-state index contributed by atoms with van der Waals surface area (Å²) in [5.74, 6) is -2.21. The Morgan fingerprint density at radius 3 is 2.20 bits per heavy atom. The Hall–Kier alpha value is -4.68. The number of carbonyl (C=O) groups is 2. The molecule has 0 unspecified atom stereocenters. The first-order chi connectivity index (χ1) is 23.7. The first kappa shape index (κ1) is 36.6. The molecule has 1 aliphatic rings. The standard InChI is InChI=1S/C32H28F6N6O4S2/c33-31(34,35)24-9-5-4-8-22(24)29(45)23-19-41-42-27(28(23)44-15-12-39-13-16-44)30(46)43-50(47,48)21-10-11-26(25(18-21)32(36,37)38)40-14-17-49-20-6-2-1-3-7-20/h1-11,18-19,39-40H,12-17H2,(H,43,46). The topological polar surface area (TPSA) is 133 Å². The highest BCUT2D eigenvalue weighted by molar-refractivity contribution is 7.99. The normalized spacial score (nSPS) is 13.9. The maximum atomic E-state index is 14.1. The Morgan fingerprint density at radius 1 is 0.860 bits per heavy atom. The van der Waals surface area contributed by atoms with Crippen LogP contribution in [0.4, 0.5) is 37.7 Å². The number of hydrogen-bond donors (Lipinski definition) is 3. The molecule has 0 radical (unpaired) electrons. The quantitative estimate of drug-likeness (QED) is 0.0787. The fraction of sp³-hybridized carbons (Fsp3) is 0.250. The Balaban J connectivity index is 1.44. The number of carbonyl (C=O) groups excluding carboxylic acids is 2. The fourth-order valence-electron chi connectivity index (χ4n) is 5.16. The van der Waals surface area contributed by atoms with Gasteiger partial charge in [0.1, 0.15) is 0 Å². The molecule has 0 aliphatic carbocycles. The number of nitrogens with one attached hydrogen (secondary N) is 3. The van der Waals surface area contributed by atoms with E-state index in [2.05, 4.69) is 20.8 Å². The molecular weight excluding hydrogens is 711 g/mol. The van der Waals surface area contributed by atoms with Crippen LogP contribution in [0.1, 0.15) is 37.5 Å². The van der Waals surface area contributed by atoms with Gasteiger partial charge in [0.2, 0.25) is 0 Å². The largest absolute Gasteiger partial charge is 0.418 e. The minimum Gasteiger partial charge on any atom is -0.384 e. The molecule has 1 saturated heterocycles. The molecule has 0 atom stereocenters. The van der Waals surface area contributed by atoms with Crippen LogP contribution in [0.3, 0.4) is 0 Å². The molecule has 1 aromatic heterocycles. The van der Waals surface area contributed by atoms with E-state index >= 15 is 0 Å². The number of benzene rings is 3. The molecule has 0 bridgehead atoms. The lowest BCUT2D eigenvalue weighted by molar-refractivity contribution is -0.138. The lowest BCUT2D eigenvalue weighted by atomic mass is 9.97. The van der Waals surface area contributed by atoms with Crippen LogP contribution in [-0.2, 0) is 22.4 Å². The molecule has 1 aliphatic heterocycles. The zero-order chi connectivity index (χ0) is 36.1. The van der Waals surface area contributed by atoms with E-state index in [9.17, 15) is 44.3 Å². The van der Waals surface area contributed by atoms with Crippen LogP contribution in [0.25, 0.3) is 0 Å². The maximum absolute atomic E-state index is 14.1. The molecule has 1 amide bonds. The number of alkyl halides is 6. The lowest BCUT2D eigenvalue weighted by Crippen LogP contribution is -2.45. The molecule has 4 aromatic rings. The Morgan fingerprint density at radius 2 is 1.52 bits per heavy atom. The van der Waals surface area contributed by atoms with Crippen LogP contribution in [0.5, 0.6) is 0 Å². The SMILES string of the molecule is O=C(c1ccccc1C(F)(F)F)c1cnnc(C(=O)NS(=O)(=O)c2ccc(NCCSc3ccccc3)c(C(F)(F)F)c2)c1N1CCNCC1. The minimum absolute atomic E-state index is 0.113. The summed E-state index contributed by atoms with van der Waals surface area (Å²) in [7, 11) is -4.99. The molecule has 1 fully saturated rings. The van der Waals surface area contributed by atoms with Gasteiger partial charge in [-0.2, -0.15) is 31.4 Å². The first-order valence-corrected chi connectivity index (χ1v) is 17.4. The van der Waals surface area contributed by atoms with Crippen LogP contribution in [0, 0.1) is 0 Å². The number of anilines is 2. The number of ketones is 1. The molecule has 50 heavy (non-hydrogen) atoms. The number of rotatable bonds is 11. The average Bonchev–Trinajstić information content (AvgIpc) is 3.09. The van der Waals surface area contributed by atoms with Gasteiger partial charge in [0.25, 0.3) is 15.9 Å². The predicted octanol–water partition coefficient (Wildman–Crippen LogP) is 5.48. The third kappa shape index (κ3) is 8.54. The summed E-state index contributed by atoms with van der Waals surface area (Å²) in [5, 5.41) is 13.0. The smallest absolute Gasteiger partial charge is 0.384 e. The van der Waals surface area contributed by atoms with Gasteiger partial charge in [-0.15, -0.1) is 16.9 Å². The number of amides is 1. The second-order valence-electron chi connectivity index (χ2n) is 10.8. The zero-order valence-electron chi connectivity index (χ0n) is 25.8. The highest BCUT2D eigenvalue weighted by Gasteiger charge is 2.38. The summed E-state index contributed by atoms with van der Waals surface area (Å²) >= 11 is 1.40. The number of thioether (sulfide) groups is 1. The van der Waals surface area contributed by atoms with Crippen LogP contribution >= 0.6 is 11.8 Å². The zero-order valence-corrected chi connectivity index (χ0v) is 27.4. The van der Waals surface area contributed by atoms with E-state index in [1.807, 2.05) is 30.3 Å². The van der Waals surface area contributed by atoms with Gasteiger partial charge in [-0.05, 0) is 36.4 Å². The van der Waals surface area contributed by atoms with Crippen molar-refractivity contribution >= 4 is 44.9 Å². The highest BCUT2D eigenvalue weighted by atomic mass is 32.2. The summed E-state index contributed by atoms with van der Waals surface area (Å²) in [4.78, 5) is 28.6. The lowest BCUT2D eigenvalue weighted by Gasteiger charge is -2.31. The number of halogens is 6. The molecule has 3 aromatic carbocycles. The van der Waals surface area contributed by atoms with E-state index in [0.717, 1.165) is 35.4 Å². The van der Waals surface area contributed by atoms with Gasteiger partial charge in [0, 0.05) is 54.6 Å². The first-order valence-electron chi connectivity index (χ1n) is 14.9. The molecule has 18 heteroatoms. The van der Waals surface area contributed by atoms with E-state index in [4.69, 9.17) is 0 Å². The van der Waals surface area contributed by atoms with Crippen molar-refractivity contribution in [2.45, 2.75) is 22.1 Å². The summed E-state index contributed by atoms with van der Waals surface area (Å²) in [6, 6.07) is 15.3. The van der Waals surface area contributed by atoms with E-state index in [-0.39, 0.29) is 31.0 Å². The monoisotopic (exact) mass is 738 g/mol. The molecule has 0 saturated carbocycles. The van der Waals surface area contributed by atoms with Gasteiger partial charge in [-0.3, -0.25) is 9.59 Å². The van der Waals surface area contributed by atoms with E-state index in [1.165, 1.54) is 22.7 Å². The Bertz CT molecular complexity index is 1970. The van der Waals surface area contributed by atoms with Gasteiger partial charge < -0.3 is 15.5 Å². The fourth-order valence-corrected chi connectivity index (χ4v) is 6.93. The van der Waals surface area contributed by atoms with E-state index in [1.54, 1.807) is 4.72 Å². The van der Waals surface area contributed by atoms with Crippen LogP contribution in [0.2, 0.25) is 0 Å². The predicted molar refractivity (Wildman–Crippen MR) is 174 cm³/mol. The summed E-state index contributed by atoms with van der Waals surface area (Å²) < 4.78 is 112. The Kier molecular flexibility index (Phi) is 11.0. The van der Waals surface area contributed by atoms with Gasteiger partial charge >= 0.3 is 12.4 Å². The molecular formula is C32H28F6N6O4S2. The van der Waals surface area contributed by atoms with Crippen molar-refractivity contribution < 1.29 is 44.3 Å². The molecule has 3 N–H and O–H groups in total. The van der Waals surface area contributed by atoms with Gasteiger partial charge in [0.05, 0.1) is 33.5 Å². The molecule has 5 rings (SSSR count). The number of sulfonamides is 1. The third-order valence-corrected chi connectivity index (χ3v) is 9.80. The van der Waals surface area contributed by atoms with Gasteiger partial charge in [-0.25, -0.2) is 13.1 Å². The number of piperazine rings is 1. The summed E-state index contributed by atoms with van der Waals surface area (Å²) in [6.45, 7) is 1.07. The molecule has 0 spiro atoms. The Labute approximate surface area is 286 Å². The van der Waals surface area contributed by atoms with Crippen molar-refractivity contribution in [1.82, 2.24) is 20.2 Å². The van der Waals surface area contributed by atoms with E-state index in [0.29, 0.717) is 31.0 Å². The number of aromatic nitrogens is 2. The molecule has 2 heterocycles. The third-order valence-electron chi connectivity index (χ3n) is 7.46. The second-order valence-corrected chi connectivity index (χ2v) is 13.6. The number of hydrogen-bond acceptors (Lipinski definition) is 10. The van der Waals surface area contributed by atoms with Crippen molar-refractivity contribution in [3.05, 3.63) is 107 Å². The van der Waals surface area contributed by atoms with Crippen molar-refractivity contribution in [1.29, 1.82) is 0 Å². The summed E-state index contributed by atoms with van der Waals surface area (Å²) in [5.41, 5.74) is -5.12.